The second kappa shape index (κ2) is 8.75. The van der Waals surface area contributed by atoms with Gasteiger partial charge >= 0.3 is 0 Å². The summed E-state index contributed by atoms with van der Waals surface area (Å²) < 4.78 is 5.15. The van der Waals surface area contributed by atoms with Crippen molar-refractivity contribution in [1.29, 1.82) is 0 Å². The number of hydrogen-bond donors (Lipinski definition) is 1. The molecule has 3 rings (SSSR count). The number of aromatic nitrogens is 1. The van der Waals surface area contributed by atoms with E-state index in [9.17, 15) is 0 Å². The lowest BCUT2D eigenvalue weighted by molar-refractivity contribution is 0.380. The maximum absolute atomic E-state index is 6.16. The van der Waals surface area contributed by atoms with Crippen LogP contribution in [-0.2, 0) is 6.54 Å². The molecule has 1 aromatic heterocycles. The van der Waals surface area contributed by atoms with E-state index in [1.165, 1.54) is 5.69 Å². The van der Waals surface area contributed by atoms with Crippen LogP contribution in [0.2, 0.25) is 5.02 Å². The van der Waals surface area contributed by atoms with Crippen molar-refractivity contribution in [3.63, 3.8) is 0 Å². The maximum atomic E-state index is 6.16. The highest BCUT2D eigenvalue weighted by atomic mass is 127. The van der Waals surface area contributed by atoms with Gasteiger partial charge in [0.25, 0.3) is 0 Å². The summed E-state index contributed by atoms with van der Waals surface area (Å²) in [7, 11) is 0. The van der Waals surface area contributed by atoms with Crippen molar-refractivity contribution >= 4 is 47.2 Å². The SMILES string of the molecule is Cc1noc(C)c1CN=C(N)N1CCN(c2ccc(Cl)cc2)CC1.I. The van der Waals surface area contributed by atoms with E-state index in [1.54, 1.807) is 0 Å². The van der Waals surface area contributed by atoms with Crippen LogP contribution in [0.25, 0.3) is 0 Å². The Kier molecular flexibility index (Phi) is 6.95. The highest BCUT2D eigenvalue weighted by Gasteiger charge is 2.19. The average molecular weight is 476 g/mol. The number of nitrogens with two attached hydrogens (primary N) is 1. The molecule has 1 saturated heterocycles. The number of piperazine rings is 1. The number of rotatable bonds is 3. The molecule has 0 unspecified atom stereocenters. The molecule has 136 valence electrons. The molecule has 1 aliphatic heterocycles. The monoisotopic (exact) mass is 475 g/mol. The normalized spacial score (nSPS) is 15.2. The third-order valence-corrected chi connectivity index (χ3v) is 4.63. The van der Waals surface area contributed by atoms with Crippen LogP contribution in [0.15, 0.2) is 33.8 Å². The van der Waals surface area contributed by atoms with Crippen LogP contribution in [0, 0.1) is 13.8 Å². The summed E-state index contributed by atoms with van der Waals surface area (Å²) in [4.78, 5) is 8.95. The van der Waals surface area contributed by atoms with Gasteiger partial charge in [0.2, 0.25) is 0 Å². The lowest BCUT2D eigenvalue weighted by Gasteiger charge is -2.36. The fourth-order valence-electron chi connectivity index (χ4n) is 2.83. The van der Waals surface area contributed by atoms with Crippen LogP contribution in [-0.4, -0.2) is 42.2 Å². The van der Waals surface area contributed by atoms with Crippen molar-refractivity contribution < 1.29 is 4.52 Å². The van der Waals surface area contributed by atoms with Gasteiger partial charge in [0.15, 0.2) is 5.96 Å². The highest BCUT2D eigenvalue weighted by Crippen LogP contribution is 2.19. The number of halogens is 2. The fraction of sp³-hybridized carbons (Fsp3) is 0.412. The van der Waals surface area contributed by atoms with E-state index in [2.05, 4.69) is 19.9 Å². The first kappa shape index (κ1) is 19.8. The summed E-state index contributed by atoms with van der Waals surface area (Å²) >= 11 is 5.94. The van der Waals surface area contributed by atoms with E-state index in [0.717, 1.165) is 48.2 Å². The van der Waals surface area contributed by atoms with Gasteiger partial charge in [-0.05, 0) is 38.1 Å². The molecule has 8 heteroatoms. The Labute approximate surface area is 170 Å². The quantitative estimate of drug-likeness (QED) is 0.419. The molecular weight excluding hydrogens is 453 g/mol. The molecule has 1 aromatic carbocycles. The average Bonchev–Trinajstić information content (AvgIpc) is 2.92. The zero-order chi connectivity index (χ0) is 17.1. The summed E-state index contributed by atoms with van der Waals surface area (Å²) in [6.45, 7) is 7.82. The van der Waals surface area contributed by atoms with Gasteiger partial charge in [-0.2, -0.15) is 0 Å². The van der Waals surface area contributed by atoms with Crippen LogP contribution >= 0.6 is 35.6 Å². The number of nitrogens with zero attached hydrogens (tertiary/aromatic N) is 4. The lowest BCUT2D eigenvalue weighted by Crippen LogP contribution is -2.51. The number of guanidine groups is 1. The molecule has 2 aromatic rings. The highest BCUT2D eigenvalue weighted by molar-refractivity contribution is 14.0. The summed E-state index contributed by atoms with van der Waals surface area (Å²) in [5.41, 5.74) is 9.23. The van der Waals surface area contributed by atoms with E-state index >= 15 is 0 Å². The van der Waals surface area contributed by atoms with Crippen LogP contribution < -0.4 is 10.6 Å². The minimum absolute atomic E-state index is 0. The van der Waals surface area contributed by atoms with Gasteiger partial charge in [0.1, 0.15) is 5.76 Å². The van der Waals surface area contributed by atoms with Crippen molar-refractivity contribution in [3.8, 4) is 0 Å². The predicted molar refractivity (Wildman–Crippen MR) is 112 cm³/mol. The van der Waals surface area contributed by atoms with Crippen molar-refractivity contribution in [2.75, 3.05) is 31.1 Å². The first-order chi connectivity index (χ1) is 11.5. The topological polar surface area (TPSA) is 70.9 Å². The standard InChI is InChI=1S/C17H22ClN5O.HI/c1-12-16(13(2)24-21-12)11-20-17(19)23-9-7-22(8-10-23)15-5-3-14(18)4-6-15;/h3-6H,7-11H2,1-2H3,(H2,19,20);1H. The molecule has 0 radical (unpaired) electrons. The minimum Gasteiger partial charge on any atom is -0.370 e. The Balaban J connectivity index is 0.00000225. The van der Waals surface area contributed by atoms with E-state index in [-0.39, 0.29) is 24.0 Å². The molecular formula is C17H23ClIN5O. The zero-order valence-electron chi connectivity index (χ0n) is 14.4. The van der Waals surface area contributed by atoms with Gasteiger partial charge in [-0.25, -0.2) is 4.99 Å². The minimum atomic E-state index is 0. The number of aryl methyl sites for hydroxylation is 2. The van der Waals surface area contributed by atoms with Crippen LogP contribution in [0.4, 0.5) is 5.69 Å². The van der Waals surface area contributed by atoms with E-state index < -0.39 is 0 Å². The second-order valence-electron chi connectivity index (χ2n) is 5.93. The number of hydrogen-bond acceptors (Lipinski definition) is 4. The van der Waals surface area contributed by atoms with Crippen LogP contribution in [0.5, 0.6) is 0 Å². The Morgan fingerprint density at radius 1 is 1.20 bits per heavy atom. The largest absolute Gasteiger partial charge is 0.370 e. The molecule has 2 N–H and O–H groups in total. The van der Waals surface area contributed by atoms with Gasteiger partial charge < -0.3 is 20.1 Å². The number of benzene rings is 1. The van der Waals surface area contributed by atoms with Gasteiger partial charge in [-0.1, -0.05) is 16.8 Å². The lowest BCUT2D eigenvalue weighted by atomic mass is 10.2. The molecule has 1 fully saturated rings. The molecule has 6 nitrogen and oxygen atoms in total. The Morgan fingerprint density at radius 2 is 1.84 bits per heavy atom. The van der Waals surface area contributed by atoms with Crippen molar-refractivity contribution in [2.45, 2.75) is 20.4 Å². The number of aliphatic imine (C=N–C) groups is 1. The summed E-state index contributed by atoms with van der Waals surface area (Å²) in [5.74, 6) is 1.38. The van der Waals surface area contributed by atoms with Crippen LogP contribution in [0.1, 0.15) is 17.0 Å². The molecule has 25 heavy (non-hydrogen) atoms. The molecule has 0 aliphatic carbocycles. The number of anilines is 1. The van der Waals surface area contributed by atoms with Crippen molar-refractivity contribution in [1.82, 2.24) is 10.1 Å². The smallest absolute Gasteiger partial charge is 0.191 e. The first-order valence-electron chi connectivity index (χ1n) is 8.01. The summed E-state index contributed by atoms with van der Waals surface area (Å²) in [6, 6.07) is 7.94. The van der Waals surface area contributed by atoms with E-state index in [0.29, 0.717) is 12.5 Å². The van der Waals surface area contributed by atoms with Gasteiger partial charge in [0, 0.05) is 42.5 Å². The molecule has 0 atom stereocenters. The third-order valence-electron chi connectivity index (χ3n) is 4.38. The first-order valence-corrected chi connectivity index (χ1v) is 8.39. The Morgan fingerprint density at radius 3 is 2.40 bits per heavy atom. The molecule has 0 bridgehead atoms. The molecule has 0 spiro atoms. The summed E-state index contributed by atoms with van der Waals surface area (Å²) in [5, 5.41) is 4.70. The molecule has 1 aliphatic rings. The maximum Gasteiger partial charge on any atom is 0.191 e. The van der Waals surface area contributed by atoms with Gasteiger partial charge in [-0.3, -0.25) is 0 Å². The molecule has 2 heterocycles. The molecule has 0 saturated carbocycles. The third kappa shape index (κ3) is 4.78. The van der Waals surface area contributed by atoms with E-state index in [1.807, 2.05) is 38.1 Å². The second-order valence-corrected chi connectivity index (χ2v) is 6.36. The van der Waals surface area contributed by atoms with Crippen LogP contribution in [0.3, 0.4) is 0 Å². The van der Waals surface area contributed by atoms with Crippen molar-refractivity contribution in [2.24, 2.45) is 10.7 Å². The van der Waals surface area contributed by atoms with Gasteiger partial charge in [-0.15, -0.1) is 24.0 Å². The Hall–Kier alpha value is -1.48. The van der Waals surface area contributed by atoms with Gasteiger partial charge in [0.05, 0.1) is 12.2 Å². The predicted octanol–water partition coefficient (Wildman–Crippen LogP) is 3.20. The van der Waals surface area contributed by atoms with E-state index in [4.69, 9.17) is 21.9 Å². The van der Waals surface area contributed by atoms with Crippen molar-refractivity contribution in [3.05, 3.63) is 46.3 Å². The summed E-state index contributed by atoms with van der Waals surface area (Å²) in [6.07, 6.45) is 0. The Bertz CT molecular complexity index is 704. The fourth-order valence-corrected chi connectivity index (χ4v) is 2.96. The molecule has 0 amide bonds. The zero-order valence-corrected chi connectivity index (χ0v) is 17.5.